The second kappa shape index (κ2) is 9.11. The number of hydrogen-bond donors (Lipinski definition) is 6. The predicted molar refractivity (Wildman–Crippen MR) is 135 cm³/mol. The lowest BCUT2D eigenvalue weighted by Crippen LogP contribution is -2.65. The van der Waals surface area contributed by atoms with Gasteiger partial charge < -0.3 is 36.2 Å². The van der Waals surface area contributed by atoms with E-state index in [4.69, 9.17) is 10.5 Å². The van der Waals surface area contributed by atoms with Crippen LogP contribution in [0.4, 0.5) is 0 Å². The van der Waals surface area contributed by atoms with Crippen molar-refractivity contribution in [3.05, 3.63) is 39.7 Å². The number of rotatable bonds is 6. The van der Waals surface area contributed by atoms with Crippen LogP contribution in [0.25, 0.3) is 5.76 Å². The summed E-state index contributed by atoms with van der Waals surface area (Å²) in [6.07, 6.45) is 3.52. The zero-order valence-corrected chi connectivity index (χ0v) is 21.6. The van der Waals surface area contributed by atoms with Crippen LogP contribution in [-0.4, -0.2) is 81.7 Å². The number of fused-ring (bicyclic) bond motifs is 3. The Bertz CT molecular complexity index is 1310. The van der Waals surface area contributed by atoms with Crippen molar-refractivity contribution in [2.75, 3.05) is 21.2 Å². The molecule has 0 spiro atoms. The number of aliphatic hydroxyl groups excluding tert-OH is 2. The van der Waals surface area contributed by atoms with Crippen LogP contribution in [-0.2, 0) is 27.3 Å². The average molecular weight is 528 g/mol. The zero-order chi connectivity index (χ0) is 27.7. The normalized spacial score (nSPS) is 29.1. The van der Waals surface area contributed by atoms with Crippen molar-refractivity contribution >= 4 is 23.2 Å². The molecule has 7 N–H and O–H groups in total. The number of phenols is 1. The molecule has 5 rings (SSSR count). The summed E-state index contributed by atoms with van der Waals surface area (Å²) in [6, 6.07) is 0.750. The number of nitrogens with two attached hydrogens (primary N) is 1. The van der Waals surface area contributed by atoms with Crippen molar-refractivity contribution in [3.8, 4) is 11.5 Å². The molecule has 4 atom stereocenters. The van der Waals surface area contributed by atoms with Gasteiger partial charge in [0.1, 0.15) is 28.6 Å². The largest absolute Gasteiger partial charge is 0.508 e. The van der Waals surface area contributed by atoms with Crippen molar-refractivity contribution in [3.63, 3.8) is 0 Å². The van der Waals surface area contributed by atoms with Gasteiger partial charge >= 0.3 is 0 Å². The maximum absolute atomic E-state index is 13.9. The Labute approximate surface area is 219 Å². The molecule has 1 amide bonds. The standard InChI is InChI=1S/C27H33N3O8/c1-30(2)20-15-8-11-7-14-18(16(31)9-12(23(14)38-3)10-29-13-5-4-6-13)21(32)17(11)24(34)27(15,37)25(35)19(22(20)33)26(28)36/h9,11,13,15,20,29,31-32,35,37H,4-8,10H2,1-3H3,(H2,28,36)/t11-,15-,20-,27-/m0/s1. The molecule has 4 aliphatic carbocycles. The third-order valence-corrected chi connectivity index (χ3v) is 8.64. The molecule has 1 aromatic carbocycles. The molecule has 0 aliphatic heterocycles. The molecule has 0 radical (unpaired) electrons. The van der Waals surface area contributed by atoms with Crippen molar-refractivity contribution in [1.29, 1.82) is 0 Å². The fourth-order valence-corrected chi connectivity index (χ4v) is 6.61. The molecule has 11 nitrogen and oxygen atoms in total. The molecule has 0 bridgehead atoms. The molecule has 4 aliphatic rings. The number of aliphatic hydroxyl groups is 3. The Morgan fingerprint density at radius 2 is 1.92 bits per heavy atom. The minimum absolute atomic E-state index is 0.0190. The lowest BCUT2D eigenvalue weighted by molar-refractivity contribution is -0.153. The number of nitrogens with zero attached hydrogens (tertiary/aromatic N) is 1. The fraction of sp³-hybridized carbons (Fsp3) is 0.519. The summed E-state index contributed by atoms with van der Waals surface area (Å²) in [7, 11) is 4.63. The summed E-state index contributed by atoms with van der Waals surface area (Å²) in [4.78, 5) is 40.6. The Kier molecular flexibility index (Phi) is 6.28. The monoisotopic (exact) mass is 527 g/mol. The van der Waals surface area contributed by atoms with E-state index in [0.29, 0.717) is 29.5 Å². The number of aromatic hydroxyl groups is 1. The molecule has 0 heterocycles. The van der Waals surface area contributed by atoms with Gasteiger partial charge in [0.2, 0.25) is 5.78 Å². The van der Waals surface area contributed by atoms with Gasteiger partial charge in [0.15, 0.2) is 11.4 Å². The number of carbonyl (C=O) groups excluding carboxylic acids is 3. The molecule has 2 saturated carbocycles. The lowest BCUT2D eigenvalue weighted by Gasteiger charge is -2.50. The number of amides is 1. The first-order chi connectivity index (χ1) is 17.9. The van der Waals surface area contributed by atoms with Crippen molar-refractivity contribution in [1.82, 2.24) is 10.2 Å². The van der Waals surface area contributed by atoms with E-state index in [1.54, 1.807) is 14.1 Å². The highest BCUT2D eigenvalue weighted by molar-refractivity contribution is 6.24. The van der Waals surface area contributed by atoms with Crippen LogP contribution in [0.3, 0.4) is 0 Å². The van der Waals surface area contributed by atoms with Gasteiger partial charge in [-0.15, -0.1) is 0 Å². The molecule has 0 saturated heterocycles. The number of phenolic OH excluding ortho intramolecular Hbond substituents is 1. The predicted octanol–water partition coefficient (Wildman–Crippen LogP) is 0.615. The van der Waals surface area contributed by atoms with Gasteiger partial charge in [0, 0.05) is 35.2 Å². The van der Waals surface area contributed by atoms with Gasteiger partial charge in [-0.3, -0.25) is 19.3 Å². The number of ketones is 2. The molecule has 38 heavy (non-hydrogen) atoms. The Balaban J connectivity index is 1.65. The highest BCUT2D eigenvalue weighted by atomic mass is 16.5. The van der Waals surface area contributed by atoms with Gasteiger partial charge in [-0.05, 0) is 51.8 Å². The van der Waals surface area contributed by atoms with Gasteiger partial charge in [-0.25, -0.2) is 0 Å². The van der Waals surface area contributed by atoms with Crippen LogP contribution in [0.1, 0.15) is 42.4 Å². The quantitative estimate of drug-likeness (QED) is 0.287. The first-order valence-corrected chi connectivity index (χ1v) is 12.7. The smallest absolute Gasteiger partial charge is 0.255 e. The first kappa shape index (κ1) is 26.2. The number of ether oxygens (including phenoxy) is 1. The van der Waals surface area contributed by atoms with Gasteiger partial charge in [0.25, 0.3) is 5.91 Å². The van der Waals surface area contributed by atoms with E-state index in [-0.39, 0.29) is 29.7 Å². The molecule has 204 valence electrons. The van der Waals surface area contributed by atoms with E-state index in [2.05, 4.69) is 5.32 Å². The number of Topliss-reactive ketones (excluding diaryl/α,β-unsaturated/α-hetero) is 2. The summed E-state index contributed by atoms with van der Waals surface area (Å²) < 4.78 is 5.72. The van der Waals surface area contributed by atoms with E-state index in [1.165, 1.54) is 18.1 Å². The Morgan fingerprint density at radius 3 is 2.47 bits per heavy atom. The molecule has 0 unspecified atom stereocenters. The average Bonchev–Trinajstić information content (AvgIpc) is 2.80. The topological polar surface area (TPSA) is 183 Å². The highest BCUT2D eigenvalue weighted by Crippen LogP contribution is 2.54. The number of primary amides is 1. The summed E-state index contributed by atoms with van der Waals surface area (Å²) in [5.74, 6) is -6.26. The molecule has 11 heteroatoms. The fourth-order valence-electron chi connectivity index (χ4n) is 6.61. The molecular formula is C27H33N3O8. The second-order valence-corrected chi connectivity index (χ2v) is 10.9. The van der Waals surface area contributed by atoms with E-state index < -0.39 is 58.0 Å². The lowest BCUT2D eigenvalue weighted by atomic mass is 9.57. The number of hydrogen-bond acceptors (Lipinski definition) is 10. The third kappa shape index (κ3) is 3.56. The first-order valence-electron chi connectivity index (χ1n) is 12.7. The van der Waals surface area contributed by atoms with Crippen molar-refractivity contribution in [2.24, 2.45) is 17.6 Å². The van der Waals surface area contributed by atoms with Crippen molar-refractivity contribution < 1.29 is 39.5 Å². The van der Waals surface area contributed by atoms with E-state index in [9.17, 15) is 34.8 Å². The molecule has 2 fully saturated rings. The minimum atomic E-state index is -2.66. The van der Waals surface area contributed by atoms with Gasteiger partial charge in [0.05, 0.1) is 18.7 Å². The van der Waals surface area contributed by atoms with E-state index in [0.717, 1.165) is 19.3 Å². The van der Waals surface area contributed by atoms with Crippen LogP contribution in [0, 0.1) is 11.8 Å². The number of benzene rings is 1. The van der Waals surface area contributed by atoms with Gasteiger partial charge in [-0.2, -0.15) is 0 Å². The number of methoxy groups -OCH3 is 1. The molecular weight excluding hydrogens is 494 g/mol. The van der Waals surface area contributed by atoms with Crippen LogP contribution in [0.5, 0.6) is 11.5 Å². The molecule has 0 aromatic heterocycles. The Morgan fingerprint density at radius 1 is 1.24 bits per heavy atom. The maximum Gasteiger partial charge on any atom is 0.255 e. The summed E-state index contributed by atoms with van der Waals surface area (Å²) in [6.45, 7) is 0.448. The van der Waals surface area contributed by atoms with Crippen molar-refractivity contribution in [2.45, 2.75) is 56.3 Å². The number of carbonyl (C=O) groups is 3. The number of nitrogens with one attached hydrogen (secondary N) is 1. The van der Waals surface area contributed by atoms with Gasteiger partial charge in [-0.1, -0.05) is 6.42 Å². The zero-order valence-electron chi connectivity index (χ0n) is 21.6. The SMILES string of the molecule is COc1c(CNC2CCC2)cc(O)c2c1C[C@H]1C[C@H]3[C@H](N(C)C)C(=O)C(C(N)=O)=C(O)[C@@]3(O)C(=O)C1=C2O. The number of likely N-dealkylation sites (N-methyl/N-ethyl adjacent to an activating group) is 1. The molecule has 1 aromatic rings. The van der Waals surface area contributed by atoms with E-state index in [1.807, 2.05) is 0 Å². The highest BCUT2D eigenvalue weighted by Gasteiger charge is 2.64. The Hall–Kier alpha value is -3.41. The minimum Gasteiger partial charge on any atom is -0.508 e. The second-order valence-electron chi connectivity index (χ2n) is 10.9. The summed E-state index contributed by atoms with van der Waals surface area (Å²) in [5, 5.41) is 48.3. The van der Waals surface area contributed by atoms with Crippen LogP contribution >= 0.6 is 0 Å². The third-order valence-electron chi connectivity index (χ3n) is 8.64. The maximum atomic E-state index is 13.9. The summed E-state index contributed by atoms with van der Waals surface area (Å²) in [5.41, 5.74) is 2.92. The van der Waals surface area contributed by atoms with E-state index >= 15 is 0 Å². The van der Waals surface area contributed by atoms with Crippen LogP contribution in [0.2, 0.25) is 0 Å². The van der Waals surface area contributed by atoms with Crippen LogP contribution in [0.15, 0.2) is 23.0 Å². The summed E-state index contributed by atoms with van der Waals surface area (Å²) >= 11 is 0. The van der Waals surface area contributed by atoms with Crippen LogP contribution < -0.4 is 15.8 Å².